The molecule has 1 aromatic heterocycles. The molecule has 0 atom stereocenters. The van der Waals surface area contributed by atoms with Crippen LogP contribution in [0.15, 0.2) is 36.5 Å². The summed E-state index contributed by atoms with van der Waals surface area (Å²) >= 11 is 0. The molecule has 1 amide bonds. The van der Waals surface area contributed by atoms with Crippen molar-refractivity contribution in [3.05, 3.63) is 53.5 Å². The van der Waals surface area contributed by atoms with Crippen molar-refractivity contribution in [2.75, 3.05) is 12.4 Å². The Bertz CT molecular complexity index is 612. The van der Waals surface area contributed by atoms with Crippen LogP contribution in [0.2, 0.25) is 0 Å². The number of nitrogens with one attached hydrogen (secondary N) is 1. The van der Waals surface area contributed by atoms with Crippen LogP contribution in [-0.2, 0) is 11.2 Å². The number of benzene rings is 1. The lowest BCUT2D eigenvalue weighted by Crippen LogP contribution is -2.15. The molecule has 0 saturated carbocycles. The largest absolute Gasteiger partial charge is 0.494 e. The van der Waals surface area contributed by atoms with Crippen LogP contribution in [0.25, 0.3) is 0 Å². The van der Waals surface area contributed by atoms with Crippen LogP contribution in [0.3, 0.4) is 0 Å². The van der Waals surface area contributed by atoms with E-state index in [-0.39, 0.29) is 18.1 Å². The smallest absolute Gasteiger partial charge is 0.229 e. The fourth-order valence-electron chi connectivity index (χ4n) is 1.73. The third-order valence-corrected chi connectivity index (χ3v) is 2.76. The summed E-state index contributed by atoms with van der Waals surface area (Å²) in [6, 6.07) is 8.03. The summed E-state index contributed by atoms with van der Waals surface area (Å²) in [4.78, 5) is 15.9. The second-order valence-corrected chi connectivity index (χ2v) is 4.41. The van der Waals surface area contributed by atoms with E-state index in [1.165, 1.54) is 19.2 Å². The normalized spacial score (nSPS) is 10.2. The first-order valence-corrected chi connectivity index (χ1v) is 6.13. The molecule has 0 aliphatic carbocycles. The lowest BCUT2D eigenvalue weighted by Gasteiger charge is -2.06. The first kappa shape index (κ1) is 14.0. The van der Waals surface area contributed by atoms with Crippen LogP contribution in [0.1, 0.15) is 11.1 Å². The highest BCUT2D eigenvalue weighted by atomic mass is 19.1. The Morgan fingerprint density at radius 1 is 1.35 bits per heavy atom. The fourth-order valence-corrected chi connectivity index (χ4v) is 1.73. The van der Waals surface area contributed by atoms with Crippen molar-refractivity contribution in [2.45, 2.75) is 13.3 Å². The van der Waals surface area contributed by atoms with Crippen LogP contribution < -0.4 is 10.1 Å². The van der Waals surface area contributed by atoms with Gasteiger partial charge in [0.2, 0.25) is 5.91 Å². The number of nitrogens with zero attached hydrogens (tertiary/aromatic N) is 1. The summed E-state index contributed by atoms with van der Waals surface area (Å²) in [5, 5.41) is 2.66. The van der Waals surface area contributed by atoms with Gasteiger partial charge in [0.1, 0.15) is 5.82 Å². The average Bonchev–Trinajstić information content (AvgIpc) is 2.41. The van der Waals surface area contributed by atoms with Gasteiger partial charge in [-0.05, 0) is 36.2 Å². The number of carbonyl (C=O) groups is 1. The van der Waals surface area contributed by atoms with Gasteiger partial charge in [-0.1, -0.05) is 12.1 Å². The molecule has 0 unspecified atom stereocenters. The topological polar surface area (TPSA) is 51.2 Å². The number of halogens is 1. The van der Waals surface area contributed by atoms with Crippen molar-refractivity contribution in [3.8, 4) is 5.75 Å². The van der Waals surface area contributed by atoms with Crippen molar-refractivity contribution < 1.29 is 13.9 Å². The number of aryl methyl sites for hydroxylation is 1. The zero-order valence-corrected chi connectivity index (χ0v) is 11.3. The molecule has 1 heterocycles. The van der Waals surface area contributed by atoms with Gasteiger partial charge in [-0.25, -0.2) is 9.37 Å². The third-order valence-electron chi connectivity index (χ3n) is 2.76. The van der Waals surface area contributed by atoms with Gasteiger partial charge in [0, 0.05) is 6.20 Å². The molecule has 0 spiro atoms. The molecule has 2 aromatic rings. The summed E-state index contributed by atoms with van der Waals surface area (Å²) in [7, 11) is 1.40. The van der Waals surface area contributed by atoms with Crippen molar-refractivity contribution >= 4 is 11.7 Å². The predicted molar refractivity (Wildman–Crippen MR) is 74.3 cm³/mol. The van der Waals surface area contributed by atoms with Crippen molar-refractivity contribution in [3.63, 3.8) is 0 Å². The molecule has 20 heavy (non-hydrogen) atoms. The molecule has 4 nitrogen and oxygen atoms in total. The minimum atomic E-state index is -0.480. The lowest BCUT2D eigenvalue weighted by atomic mass is 10.1. The van der Waals surface area contributed by atoms with E-state index in [1.807, 2.05) is 13.0 Å². The zero-order chi connectivity index (χ0) is 14.5. The number of ether oxygens (including phenoxy) is 1. The summed E-state index contributed by atoms with van der Waals surface area (Å²) in [5.41, 5.74) is 1.59. The van der Waals surface area contributed by atoms with Crippen LogP contribution in [-0.4, -0.2) is 18.0 Å². The number of carbonyl (C=O) groups excluding carboxylic acids is 1. The summed E-state index contributed by atoms with van der Waals surface area (Å²) in [5.74, 6) is -0.0823. The molecule has 2 rings (SSSR count). The number of hydrogen-bond acceptors (Lipinski definition) is 3. The molecule has 0 saturated heterocycles. The fraction of sp³-hybridized carbons (Fsp3) is 0.200. The van der Waals surface area contributed by atoms with Crippen molar-refractivity contribution in [1.82, 2.24) is 4.98 Å². The van der Waals surface area contributed by atoms with E-state index in [2.05, 4.69) is 10.3 Å². The molecule has 1 N–H and O–H groups in total. The first-order chi connectivity index (χ1) is 9.58. The molecule has 0 aliphatic rings. The average molecular weight is 274 g/mol. The van der Waals surface area contributed by atoms with E-state index in [9.17, 15) is 9.18 Å². The summed E-state index contributed by atoms with van der Waals surface area (Å²) in [6.07, 6.45) is 1.75. The van der Waals surface area contributed by atoms with Gasteiger partial charge in [-0.3, -0.25) is 4.79 Å². The van der Waals surface area contributed by atoms with Crippen molar-refractivity contribution in [2.24, 2.45) is 0 Å². The number of anilines is 1. The maximum atomic E-state index is 13.5. The highest BCUT2D eigenvalue weighted by molar-refractivity contribution is 5.91. The molecular formula is C15H15FN2O2. The highest BCUT2D eigenvalue weighted by Gasteiger charge is 2.08. The Morgan fingerprint density at radius 3 is 2.75 bits per heavy atom. The second kappa shape index (κ2) is 6.14. The molecule has 0 aliphatic heterocycles. The quantitative estimate of drug-likeness (QED) is 0.932. The number of methoxy groups -OCH3 is 1. The number of hydrogen-bond donors (Lipinski definition) is 1. The van der Waals surface area contributed by atoms with Gasteiger partial charge < -0.3 is 10.1 Å². The van der Waals surface area contributed by atoms with Crippen LogP contribution in [0.4, 0.5) is 10.2 Å². The lowest BCUT2D eigenvalue weighted by molar-refractivity contribution is -0.115. The minimum Gasteiger partial charge on any atom is -0.494 e. The minimum absolute atomic E-state index is 0.0798. The number of aromatic nitrogens is 1. The second-order valence-electron chi connectivity index (χ2n) is 4.41. The summed E-state index contributed by atoms with van der Waals surface area (Å²) < 4.78 is 18.3. The van der Waals surface area contributed by atoms with E-state index < -0.39 is 5.82 Å². The van der Waals surface area contributed by atoms with Gasteiger partial charge in [0.15, 0.2) is 11.6 Å². The van der Waals surface area contributed by atoms with Crippen LogP contribution in [0, 0.1) is 12.7 Å². The van der Waals surface area contributed by atoms with Gasteiger partial charge >= 0.3 is 0 Å². The molecule has 104 valence electrons. The summed E-state index contributed by atoms with van der Waals surface area (Å²) in [6.45, 7) is 1.92. The monoisotopic (exact) mass is 274 g/mol. The number of amides is 1. The van der Waals surface area contributed by atoms with Gasteiger partial charge in [-0.15, -0.1) is 0 Å². The van der Waals surface area contributed by atoms with E-state index in [1.54, 1.807) is 18.3 Å². The third kappa shape index (κ3) is 3.54. The number of pyridine rings is 1. The predicted octanol–water partition coefficient (Wildman–Crippen LogP) is 2.72. The standard InChI is InChI=1S/C15H15FN2O2/c1-10-3-6-14(17-9-10)18-15(19)8-11-4-5-13(20-2)12(16)7-11/h3-7,9H,8H2,1-2H3,(H,17,18,19). The Hall–Kier alpha value is -2.43. The van der Waals surface area contributed by atoms with E-state index in [0.717, 1.165) is 5.56 Å². The molecule has 1 aromatic carbocycles. The van der Waals surface area contributed by atoms with E-state index >= 15 is 0 Å². The maximum Gasteiger partial charge on any atom is 0.229 e. The Labute approximate surface area is 116 Å². The highest BCUT2D eigenvalue weighted by Crippen LogP contribution is 2.18. The van der Waals surface area contributed by atoms with E-state index in [4.69, 9.17) is 4.74 Å². The Balaban J connectivity index is 2.01. The SMILES string of the molecule is COc1ccc(CC(=O)Nc2ccc(C)cn2)cc1F. The molecule has 0 fully saturated rings. The van der Waals surface area contributed by atoms with Gasteiger partial charge in [0.25, 0.3) is 0 Å². The maximum absolute atomic E-state index is 13.5. The van der Waals surface area contributed by atoms with Gasteiger partial charge in [0.05, 0.1) is 13.5 Å². The Kier molecular flexibility index (Phi) is 4.30. The van der Waals surface area contributed by atoms with Crippen molar-refractivity contribution in [1.29, 1.82) is 0 Å². The van der Waals surface area contributed by atoms with Crippen LogP contribution >= 0.6 is 0 Å². The zero-order valence-electron chi connectivity index (χ0n) is 11.3. The Morgan fingerprint density at radius 2 is 2.15 bits per heavy atom. The van der Waals surface area contributed by atoms with E-state index in [0.29, 0.717) is 11.4 Å². The van der Waals surface area contributed by atoms with Gasteiger partial charge in [-0.2, -0.15) is 0 Å². The molecule has 0 bridgehead atoms. The molecule has 5 heteroatoms. The van der Waals surface area contributed by atoms with Crippen LogP contribution in [0.5, 0.6) is 5.75 Å². The number of rotatable bonds is 4. The molecular weight excluding hydrogens is 259 g/mol. The first-order valence-electron chi connectivity index (χ1n) is 6.13. The molecule has 0 radical (unpaired) electrons.